The maximum atomic E-state index is 10.1. The molecule has 0 aromatic rings. The third-order valence-electron chi connectivity index (χ3n) is 4.16. The van der Waals surface area contributed by atoms with Crippen molar-refractivity contribution in [1.82, 2.24) is 0 Å². The van der Waals surface area contributed by atoms with Gasteiger partial charge in [0.05, 0.1) is 18.3 Å². The molecule has 2 heterocycles. The number of rotatable bonds is 1. The van der Waals surface area contributed by atoms with Gasteiger partial charge in [-0.05, 0) is 11.8 Å². The number of aliphatic hydroxyl groups excluding tert-OH is 1. The Kier molecular flexibility index (Phi) is 2.58. The topological polar surface area (TPSA) is 38.7 Å². The average Bonchev–Trinajstić information content (AvgIpc) is 2.42. The summed E-state index contributed by atoms with van der Waals surface area (Å²) in [7, 11) is 1.67. The Bertz CT molecular complexity index is 195. The van der Waals surface area contributed by atoms with Crippen LogP contribution in [0.25, 0.3) is 0 Å². The number of hydrogen-bond acceptors (Lipinski definition) is 3. The Hall–Kier alpha value is -0.120. The van der Waals surface area contributed by atoms with E-state index < -0.39 is 6.10 Å². The van der Waals surface area contributed by atoms with E-state index in [-0.39, 0.29) is 24.2 Å². The molecule has 2 fully saturated rings. The fourth-order valence-corrected chi connectivity index (χ4v) is 3.06. The second kappa shape index (κ2) is 3.47. The normalized spacial score (nSPS) is 57.6. The molecule has 2 saturated heterocycles. The standard InChI is InChI=1S/C11H20O3/c1-5-6(2)11-8(12)10(13-4)7(3)9(5)14-11/h5-12H,1-4H3/t5-,6-,7-,8+,9-,10?,11+/m1/s1. The van der Waals surface area contributed by atoms with Crippen LogP contribution in [0.15, 0.2) is 0 Å². The molecule has 2 aliphatic heterocycles. The van der Waals surface area contributed by atoms with Gasteiger partial charge in [-0.25, -0.2) is 0 Å². The SMILES string of the molecule is COC1[C@H](C)[C@@H]2O[C@@H]([C@H](C)[C@H]2C)[C@H]1O. The fraction of sp³-hybridized carbons (Fsp3) is 1.00. The van der Waals surface area contributed by atoms with Crippen LogP contribution in [0.4, 0.5) is 0 Å². The highest BCUT2D eigenvalue weighted by Crippen LogP contribution is 2.44. The molecular weight excluding hydrogens is 180 g/mol. The van der Waals surface area contributed by atoms with Crippen LogP contribution >= 0.6 is 0 Å². The highest BCUT2D eigenvalue weighted by atomic mass is 16.5. The van der Waals surface area contributed by atoms with E-state index in [4.69, 9.17) is 9.47 Å². The lowest BCUT2D eigenvalue weighted by Crippen LogP contribution is -2.50. The summed E-state index contributed by atoms with van der Waals surface area (Å²) in [6.45, 7) is 6.47. The van der Waals surface area contributed by atoms with Gasteiger partial charge in [-0.3, -0.25) is 0 Å². The first-order chi connectivity index (χ1) is 6.57. The van der Waals surface area contributed by atoms with Crippen LogP contribution in [0.3, 0.4) is 0 Å². The molecule has 3 heteroatoms. The summed E-state index contributed by atoms with van der Waals surface area (Å²) in [5.74, 6) is 1.23. The minimum atomic E-state index is -0.466. The van der Waals surface area contributed by atoms with E-state index in [1.165, 1.54) is 0 Å². The maximum Gasteiger partial charge on any atom is 0.107 e. The Morgan fingerprint density at radius 1 is 1.00 bits per heavy atom. The van der Waals surface area contributed by atoms with Gasteiger partial charge >= 0.3 is 0 Å². The van der Waals surface area contributed by atoms with E-state index in [1.54, 1.807) is 7.11 Å². The zero-order valence-electron chi connectivity index (χ0n) is 9.31. The largest absolute Gasteiger partial charge is 0.388 e. The summed E-state index contributed by atoms with van der Waals surface area (Å²) in [5.41, 5.74) is 0. The van der Waals surface area contributed by atoms with E-state index in [0.717, 1.165) is 0 Å². The van der Waals surface area contributed by atoms with Gasteiger partial charge in [-0.15, -0.1) is 0 Å². The summed E-state index contributed by atoms with van der Waals surface area (Å²) >= 11 is 0. The number of methoxy groups -OCH3 is 1. The molecule has 0 radical (unpaired) electrons. The highest BCUT2D eigenvalue weighted by Gasteiger charge is 2.54. The third kappa shape index (κ3) is 1.23. The number of fused-ring (bicyclic) bond motifs is 2. The molecular formula is C11H20O3. The van der Waals surface area contributed by atoms with Crippen molar-refractivity contribution < 1.29 is 14.6 Å². The predicted molar refractivity (Wildman–Crippen MR) is 53.0 cm³/mol. The molecule has 1 N–H and O–H groups in total. The second-order valence-electron chi connectivity index (χ2n) is 4.83. The van der Waals surface area contributed by atoms with Gasteiger partial charge in [-0.2, -0.15) is 0 Å². The number of aliphatic hydroxyl groups is 1. The molecule has 14 heavy (non-hydrogen) atoms. The minimum Gasteiger partial charge on any atom is -0.388 e. The highest BCUT2D eigenvalue weighted by molar-refractivity contribution is 5.01. The fourth-order valence-electron chi connectivity index (χ4n) is 3.06. The van der Waals surface area contributed by atoms with E-state index in [9.17, 15) is 5.11 Å². The van der Waals surface area contributed by atoms with Crippen molar-refractivity contribution in [1.29, 1.82) is 0 Å². The Balaban J connectivity index is 2.24. The lowest BCUT2D eigenvalue weighted by Gasteiger charge is -2.38. The van der Waals surface area contributed by atoms with E-state index in [0.29, 0.717) is 11.8 Å². The minimum absolute atomic E-state index is 0.0313. The van der Waals surface area contributed by atoms with Gasteiger partial charge in [-0.1, -0.05) is 20.8 Å². The Labute approximate surface area is 85.4 Å². The maximum absolute atomic E-state index is 10.1. The van der Waals surface area contributed by atoms with Crippen molar-refractivity contribution in [3.8, 4) is 0 Å². The Morgan fingerprint density at radius 2 is 1.57 bits per heavy atom. The van der Waals surface area contributed by atoms with Gasteiger partial charge < -0.3 is 14.6 Å². The zero-order chi connectivity index (χ0) is 10.5. The van der Waals surface area contributed by atoms with Crippen molar-refractivity contribution in [2.75, 3.05) is 7.11 Å². The molecule has 0 aliphatic carbocycles. The molecule has 1 unspecified atom stereocenters. The van der Waals surface area contributed by atoms with Gasteiger partial charge in [0, 0.05) is 13.0 Å². The average molecular weight is 200 g/mol. The molecule has 0 saturated carbocycles. The third-order valence-corrected chi connectivity index (χ3v) is 4.16. The summed E-state index contributed by atoms with van der Waals surface area (Å²) in [6.07, 6.45) is -0.308. The Morgan fingerprint density at radius 3 is 2.14 bits per heavy atom. The zero-order valence-corrected chi connectivity index (χ0v) is 9.31. The summed E-state index contributed by atoms with van der Waals surface area (Å²) in [6, 6.07) is 0. The van der Waals surface area contributed by atoms with Gasteiger partial charge in [0.2, 0.25) is 0 Å². The molecule has 0 spiro atoms. The van der Waals surface area contributed by atoms with Crippen molar-refractivity contribution in [2.45, 2.75) is 45.2 Å². The quantitative estimate of drug-likeness (QED) is 0.687. The van der Waals surface area contributed by atoms with E-state index >= 15 is 0 Å². The monoisotopic (exact) mass is 200 g/mol. The molecule has 2 bridgehead atoms. The van der Waals surface area contributed by atoms with E-state index in [2.05, 4.69) is 20.8 Å². The molecule has 82 valence electrons. The smallest absolute Gasteiger partial charge is 0.107 e. The van der Waals surface area contributed by atoms with Crippen LogP contribution in [0, 0.1) is 17.8 Å². The van der Waals surface area contributed by atoms with Gasteiger partial charge in [0.1, 0.15) is 6.10 Å². The number of ether oxygens (including phenoxy) is 2. The van der Waals surface area contributed by atoms with Crippen molar-refractivity contribution in [3.05, 3.63) is 0 Å². The lowest BCUT2D eigenvalue weighted by atomic mass is 9.88. The molecule has 2 rings (SSSR count). The number of hydrogen-bond donors (Lipinski definition) is 1. The predicted octanol–water partition coefficient (Wildman–Crippen LogP) is 1.05. The first kappa shape index (κ1) is 10.4. The molecule has 0 aromatic carbocycles. The summed E-state index contributed by atoms with van der Waals surface area (Å²) in [4.78, 5) is 0. The van der Waals surface area contributed by atoms with E-state index in [1.807, 2.05) is 0 Å². The molecule has 2 aliphatic rings. The van der Waals surface area contributed by atoms with Crippen LogP contribution in [-0.4, -0.2) is 36.6 Å². The first-order valence-corrected chi connectivity index (χ1v) is 5.44. The van der Waals surface area contributed by atoms with Gasteiger partial charge in [0.15, 0.2) is 0 Å². The molecule has 7 atom stereocenters. The first-order valence-electron chi connectivity index (χ1n) is 5.44. The van der Waals surface area contributed by atoms with Crippen molar-refractivity contribution in [2.24, 2.45) is 17.8 Å². The second-order valence-corrected chi connectivity index (χ2v) is 4.83. The summed E-state index contributed by atoms with van der Waals surface area (Å²) in [5, 5.41) is 10.1. The molecule has 0 amide bonds. The van der Waals surface area contributed by atoms with Crippen LogP contribution in [-0.2, 0) is 9.47 Å². The van der Waals surface area contributed by atoms with Crippen LogP contribution in [0.5, 0.6) is 0 Å². The van der Waals surface area contributed by atoms with Crippen LogP contribution in [0.1, 0.15) is 20.8 Å². The van der Waals surface area contributed by atoms with Crippen molar-refractivity contribution in [3.63, 3.8) is 0 Å². The van der Waals surface area contributed by atoms with Gasteiger partial charge in [0.25, 0.3) is 0 Å². The summed E-state index contributed by atoms with van der Waals surface area (Å²) < 4.78 is 11.2. The molecule has 3 nitrogen and oxygen atoms in total. The van der Waals surface area contributed by atoms with Crippen molar-refractivity contribution >= 4 is 0 Å². The lowest BCUT2D eigenvalue weighted by molar-refractivity contribution is -0.181. The van der Waals surface area contributed by atoms with Crippen LogP contribution < -0.4 is 0 Å². The van der Waals surface area contributed by atoms with Crippen LogP contribution in [0.2, 0.25) is 0 Å². The molecule has 0 aromatic heterocycles.